The number of tetrazole rings is 1. The number of imidazole rings is 1. The van der Waals surface area contributed by atoms with Crippen LogP contribution in [0.3, 0.4) is 0 Å². The minimum Gasteiger partial charge on any atom is -0.381 e. The molecule has 1 fully saturated rings. The third-order valence-corrected chi connectivity index (χ3v) is 5.14. The van der Waals surface area contributed by atoms with Crippen molar-refractivity contribution in [1.82, 2.24) is 29.8 Å². The van der Waals surface area contributed by atoms with Gasteiger partial charge in [0.25, 0.3) is 0 Å². The number of aryl methyl sites for hydroxylation is 1. The molecule has 1 aromatic carbocycles. The van der Waals surface area contributed by atoms with Gasteiger partial charge in [-0.2, -0.15) is 0 Å². The number of aromatic nitrogens is 6. The van der Waals surface area contributed by atoms with Crippen LogP contribution in [0, 0.1) is 0 Å². The summed E-state index contributed by atoms with van der Waals surface area (Å²) in [7, 11) is 2.05. The van der Waals surface area contributed by atoms with Gasteiger partial charge in [-0.15, -0.1) is 5.10 Å². The van der Waals surface area contributed by atoms with E-state index in [1.54, 1.807) is 11.8 Å². The highest BCUT2D eigenvalue weighted by Gasteiger charge is 2.21. The smallest absolute Gasteiger partial charge is 0.210 e. The van der Waals surface area contributed by atoms with E-state index in [1.807, 2.05) is 29.9 Å². The second-order valence-corrected chi connectivity index (χ2v) is 6.56. The van der Waals surface area contributed by atoms with Crippen molar-refractivity contribution in [2.24, 2.45) is 7.05 Å². The topological polar surface area (TPSA) is 70.7 Å². The highest BCUT2D eigenvalue weighted by Crippen LogP contribution is 2.27. The first-order valence-electron chi connectivity index (χ1n) is 7.71. The average molecular weight is 330 g/mol. The van der Waals surface area contributed by atoms with Crippen molar-refractivity contribution in [2.75, 3.05) is 13.2 Å². The molecule has 1 aliphatic rings. The van der Waals surface area contributed by atoms with Crippen LogP contribution in [-0.2, 0) is 17.5 Å². The van der Waals surface area contributed by atoms with E-state index >= 15 is 0 Å². The summed E-state index contributed by atoms with van der Waals surface area (Å²) in [4.78, 5) is 4.70. The minimum atomic E-state index is 0.335. The fourth-order valence-corrected chi connectivity index (χ4v) is 3.82. The van der Waals surface area contributed by atoms with Crippen LogP contribution in [0.15, 0.2) is 29.4 Å². The van der Waals surface area contributed by atoms with Crippen molar-refractivity contribution in [2.45, 2.75) is 29.8 Å². The Hall–Kier alpha value is -1.93. The van der Waals surface area contributed by atoms with Crippen molar-refractivity contribution in [3.63, 3.8) is 0 Å². The summed E-state index contributed by atoms with van der Waals surface area (Å²) in [6.45, 7) is 1.55. The lowest BCUT2D eigenvalue weighted by Gasteiger charge is -2.22. The van der Waals surface area contributed by atoms with Crippen molar-refractivity contribution < 1.29 is 4.74 Å². The van der Waals surface area contributed by atoms with Gasteiger partial charge in [0.05, 0.1) is 22.8 Å². The zero-order valence-corrected chi connectivity index (χ0v) is 13.7. The molecule has 4 rings (SSSR count). The van der Waals surface area contributed by atoms with Crippen molar-refractivity contribution in [3.8, 4) is 0 Å². The summed E-state index contributed by atoms with van der Waals surface area (Å²) in [5.74, 6) is 1.77. The number of thioether (sulfide) groups is 1. The van der Waals surface area contributed by atoms with Crippen LogP contribution < -0.4 is 0 Å². The minimum absolute atomic E-state index is 0.335. The largest absolute Gasteiger partial charge is 0.381 e. The molecule has 8 heteroatoms. The van der Waals surface area contributed by atoms with Gasteiger partial charge in [-0.05, 0) is 35.4 Å². The molecule has 7 nitrogen and oxygen atoms in total. The van der Waals surface area contributed by atoms with E-state index in [0.29, 0.717) is 6.04 Å². The lowest BCUT2D eigenvalue weighted by Crippen LogP contribution is -2.21. The fraction of sp³-hybridized carbons (Fsp3) is 0.467. The molecular formula is C15H18N6OS. The van der Waals surface area contributed by atoms with Gasteiger partial charge in [0.15, 0.2) is 0 Å². The molecule has 1 saturated heterocycles. The number of para-hydroxylation sites is 2. The Morgan fingerprint density at radius 1 is 1.26 bits per heavy atom. The zero-order chi connectivity index (χ0) is 15.6. The van der Waals surface area contributed by atoms with Crippen LogP contribution >= 0.6 is 11.8 Å². The van der Waals surface area contributed by atoms with Gasteiger partial charge in [0.2, 0.25) is 5.16 Å². The van der Waals surface area contributed by atoms with Gasteiger partial charge >= 0.3 is 0 Å². The SMILES string of the molecule is Cn1c(CSc2nnnn2C2CCOCC2)nc2ccccc21. The molecule has 0 bridgehead atoms. The Labute approximate surface area is 138 Å². The first-order chi connectivity index (χ1) is 11.3. The Kier molecular flexibility index (Phi) is 4.00. The molecule has 0 radical (unpaired) electrons. The van der Waals surface area contributed by atoms with Crippen LogP contribution in [0.5, 0.6) is 0 Å². The Balaban J connectivity index is 1.52. The molecule has 0 spiro atoms. The Morgan fingerprint density at radius 3 is 2.91 bits per heavy atom. The summed E-state index contributed by atoms with van der Waals surface area (Å²) in [5, 5.41) is 13.0. The molecule has 0 unspecified atom stereocenters. The molecule has 0 amide bonds. The highest BCUT2D eigenvalue weighted by molar-refractivity contribution is 7.98. The molecule has 0 N–H and O–H groups in total. The maximum atomic E-state index is 5.41. The third kappa shape index (κ3) is 2.84. The predicted molar refractivity (Wildman–Crippen MR) is 87.2 cm³/mol. The standard InChI is InChI=1S/C15H18N6OS/c1-20-13-5-3-2-4-12(13)16-14(20)10-23-15-17-18-19-21(15)11-6-8-22-9-7-11/h2-5,11H,6-10H2,1H3. The molecular weight excluding hydrogens is 312 g/mol. The van der Waals surface area contributed by atoms with Crippen molar-refractivity contribution in [3.05, 3.63) is 30.1 Å². The van der Waals surface area contributed by atoms with Crippen LogP contribution in [0.2, 0.25) is 0 Å². The normalized spacial score (nSPS) is 16.2. The van der Waals surface area contributed by atoms with Crippen LogP contribution in [0.1, 0.15) is 24.7 Å². The summed E-state index contributed by atoms with van der Waals surface area (Å²) >= 11 is 1.63. The van der Waals surface area contributed by atoms with E-state index < -0.39 is 0 Å². The molecule has 3 aromatic rings. The lowest BCUT2D eigenvalue weighted by atomic mass is 10.1. The predicted octanol–water partition coefficient (Wildman–Crippen LogP) is 2.20. The van der Waals surface area contributed by atoms with Crippen molar-refractivity contribution in [1.29, 1.82) is 0 Å². The summed E-state index contributed by atoms with van der Waals surface area (Å²) in [6, 6.07) is 8.50. The monoisotopic (exact) mass is 330 g/mol. The Bertz CT molecular complexity index is 807. The second-order valence-electron chi connectivity index (χ2n) is 5.61. The van der Waals surface area contributed by atoms with Crippen LogP contribution in [0.4, 0.5) is 0 Å². The van der Waals surface area contributed by atoms with Gasteiger partial charge in [-0.1, -0.05) is 23.9 Å². The van der Waals surface area contributed by atoms with E-state index in [0.717, 1.165) is 53.8 Å². The van der Waals surface area contributed by atoms with Gasteiger partial charge in [-0.3, -0.25) is 0 Å². The van der Waals surface area contributed by atoms with E-state index in [4.69, 9.17) is 9.72 Å². The number of hydrogen-bond donors (Lipinski definition) is 0. The molecule has 23 heavy (non-hydrogen) atoms. The number of ether oxygens (including phenoxy) is 1. The summed E-state index contributed by atoms with van der Waals surface area (Å²) in [6.07, 6.45) is 1.93. The zero-order valence-electron chi connectivity index (χ0n) is 12.9. The van der Waals surface area contributed by atoms with E-state index in [2.05, 4.69) is 26.2 Å². The third-order valence-electron chi connectivity index (χ3n) is 4.21. The molecule has 1 aliphatic heterocycles. The number of fused-ring (bicyclic) bond motifs is 1. The van der Waals surface area contributed by atoms with Crippen LogP contribution in [-0.4, -0.2) is 43.0 Å². The van der Waals surface area contributed by atoms with Crippen molar-refractivity contribution >= 4 is 22.8 Å². The van der Waals surface area contributed by atoms with Crippen LogP contribution in [0.25, 0.3) is 11.0 Å². The molecule has 0 aliphatic carbocycles. The number of benzene rings is 1. The van der Waals surface area contributed by atoms with Gasteiger partial charge in [0, 0.05) is 20.3 Å². The second kappa shape index (κ2) is 6.29. The van der Waals surface area contributed by atoms with Gasteiger partial charge in [-0.25, -0.2) is 9.67 Å². The number of rotatable bonds is 4. The van der Waals surface area contributed by atoms with E-state index in [1.165, 1.54) is 0 Å². The maximum Gasteiger partial charge on any atom is 0.210 e. The van der Waals surface area contributed by atoms with Gasteiger partial charge in [0.1, 0.15) is 5.82 Å². The Morgan fingerprint density at radius 2 is 2.09 bits per heavy atom. The summed E-state index contributed by atoms with van der Waals surface area (Å²) < 4.78 is 9.48. The number of hydrogen-bond acceptors (Lipinski definition) is 6. The molecule has 3 heterocycles. The molecule has 0 atom stereocenters. The highest BCUT2D eigenvalue weighted by atomic mass is 32.2. The number of nitrogens with zero attached hydrogens (tertiary/aromatic N) is 6. The van der Waals surface area contributed by atoms with E-state index in [9.17, 15) is 0 Å². The molecule has 0 saturated carbocycles. The maximum absolute atomic E-state index is 5.41. The first-order valence-corrected chi connectivity index (χ1v) is 8.70. The van der Waals surface area contributed by atoms with E-state index in [-0.39, 0.29) is 0 Å². The lowest BCUT2D eigenvalue weighted by molar-refractivity contribution is 0.0631. The average Bonchev–Trinajstić information content (AvgIpc) is 3.19. The molecule has 2 aromatic heterocycles. The molecule has 120 valence electrons. The first kappa shape index (κ1) is 14.6. The quantitative estimate of drug-likeness (QED) is 0.683. The fourth-order valence-electron chi connectivity index (χ4n) is 2.89. The summed E-state index contributed by atoms with van der Waals surface area (Å²) in [5.41, 5.74) is 2.17. The van der Waals surface area contributed by atoms with Gasteiger partial charge < -0.3 is 9.30 Å².